The standard InChI is InChI=1S/C18H19ClFN3O3/c1-3-26-22-17(24)14-13-5-4-8-23(13)18(25)15(19)16(14)21-12-7-6-10(2)9-11(12)20/h6-7,9,21H,3-5,8H2,1-2H3,(H,22,24). The quantitative estimate of drug-likeness (QED) is 0.782. The van der Waals surface area contributed by atoms with Crippen LogP contribution in [0.25, 0.3) is 0 Å². The Morgan fingerprint density at radius 3 is 2.88 bits per heavy atom. The SMILES string of the molecule is CCONC(=O)c1c(Nc2ccc(C)cc2F)c(Cl)c(=O)n2c1CCC2. The molecule has 0 spiro atoms. The van der Waals surface area contributed by atoms with Crippen LogP contribution in [0.5, 0.6) is 0 Å². The Kier molecular flexibility index (Phi) is 5.29. The lowest BCUT2D eigenvalue weighted by Crippen LogP contribution is -2.30. The Balaban J connectivity index is 2.15. The van der Waals surface area contributed by atoms with E-state index in [0.29, 0.717) is 18.7 Å². The maximum atomic E-state index is 14.3. The van der Waals surface area contributed by atoms with Gasteiger partial charge in [-0.3, -0.25) is 14.4 Å². The smallest absolute Gasteiger partial charge is 0.278 e. The minimum Gasteiger partial charge on any atom is -0.351 e. The number of aromatic nitrogens is 1. The van der Waals surface area contributed by atoms with E-state index in [1.54, 1.807) is 19.9 Å². The summed E-state index contributed by atoms with van der Waals surface area (Å²) in [5.41, 5.74) is 3.65. The van der Waals surface area contributed by atoms with E-state index in [2.05, 4.69) is 10.8 Å². The highest BCUT2D eigenvalue weighted by Crippen LogP contribution is 2.33. The van der Waals surface area contributed by atoms with Crippen molar-refractivity contribution in [1.82, 2.24) is 10.0 Å². The molecular weight excluding hydrogens is 361 g/mol. The Labute approximate surface area is 154 Å². The molecule has 1 aliphatic heterocycles. The molecule has 138 valence electrons. The predicted molar refractivity (Wildman–Crippen MR) is 97.5 cm³/mol. The summed E-state index contributed by atoms with van der Waals surface area (Å²) >= 11 is 6.25. The first-order valence-corrected chi connectivity index (χ1v) is 8.72. The van der Waals surface area contributed by atoms with Gasteiger partial charge in [-0.25, -0.2) is 9.87 Å². The summed E-state index contributed by atoms with van der Waals surface area (Å²) in [6.45, 7) is 4.27. The Hall–Kier alpha value is -2.38. The maximum Gasteiger partial charge on any atom is 0.278 e. The third-order valence-electron chi connectivity index (χ3n) is 4.23. The maximum absolute atomic E-state index is 14.3. The molecule has 0 unspecified atom stereocenters. The van der Waals surface area contributed by atoms with Crippen molar-refractivity contribution in [2.75, 3.05) is 11.9 Å². The first-order chi connectivity index (χ1) is 12.4. The summed E-state index contributed by atoms with van der Waals surface area (Å²) in [5, 5.41) is 2.67. The number of nitrogens with zero attached hydrogens (tertiary/aromatic N) is 1. The van der Waals surface area contributed by atoms with Gasteiger partial charge >= 0.3 is 0 Å². The lowest BCUT2D eigenvalue weighted by Gasteiger charge is -2.18. The number of hydroxylamine groups is 1. The second-order valence-corrected chi connectivity index (χ2v) is 6.42. The van der Waals surface area contributed by atoms with Crippen molar-refractivity contribution in [3.63, 3.8) is 0 Å². The number of amides is 1. The van der Waals surface area contributed by atoms with Gasteiger partial charge in [-0.05, 0) is 44.4 Å². The first kappa shape index (κ1) is 18.4. The van der Waals surface area contributed by atoms with Crippen LogP contribution in [-0.2, 0) is 17.8 Å². The number of carbonyl (C=O) groups is 1. The van der Waals surface area contributed by atoms with Crippen LogP contribution in [0.1, 0.15) is 35.0 Å². The average Bonchev–Trinajstić information content (AvgIpc) is 3.09. The molecule has 1 aromatic carbocycles. The summed E-state index contributed by atoms with van der Waals surface area (Å²) in [6.07, 6.45) is 1.27. The highest BCUT2D eigenvalue weighted by atomic mass is 35.5. The van der Waals surface area contributed by atoms with E-state index in [1.165, 1.54) is 16.7 Å². The molecule has 8 heteroatoms. The summed E-state index contributed by atoms with van der Waals surface area (Å²) in [5.74, 6) is -1.03. The van der Waals surface area contributed by atoms with E-state index in [9.17, 15) is 14.0 Å². The third-order valence-corrected chi connectivity index (χ3v) is 4.58. The summed E-state index contributed by atoms with van der Waals surface area (Å²) < 4.78 is 15.7. The van der Waals surface area contributed by atoms with Crippen LogP contribution in [0.4, 0.5) is 15.8 Å². The molecule has 1 aliphatic rings. The van der Waals surface area contributed by atoms with Gasteiger partial charge in [-0.2, -0.15) is 0 Å². The Morgan fingerprint density at radius 2 is 2.19 bits per heavy atom. The molecule has 0 saturated carbocycles. The zero-order chi connectivity index (χ0) is 18.8. The summed E-state index contributed by atoms with van der Waals surface area (Å²) in [7, 11) is 0. The number of aryl methyl sites for hydroxylation is 1. The highest BCUT2D eigenvalue weighted by Gasteiger charge is 2.28. The van der Waals surface area contributed by atoms with Gasteiger partial charge in [0.05, 0.1) is 23.5 Å². The molecule has 1 aromatic heterocycles. The normalized spacial score (nSPS) is 12.8. The lowest BCUT2D eigenvalue weighted by atomic mass is 10.1. The molecule has 1 amide bonds. The lowest BCUT2D eigenvalue weighted by molar-refractivity contribution is 0.0364. The van der Waals surface area contributed by atoms with Gasteiger partial charge in [0.15, 0.2) is 0 Å². The van der Waals surface area contributed by atoms with Crippen molar-refractivity contribution in [3.05, 3.63) is 56.2 Å². The largest absolute Gasteiger partial charge is 0.351 e. The summed E-state index contributed by atoms with van der Waals surface area (Å²) in [4.78, 5) is 30.2. The second-order valence-electron chi connectivity index (χ2n) is 6.04. The van der Waals surface area contributed by atoms with Crippen LogP contribution in [0.15, 0.2) is 23.0 Å². The van der Waals surface area contributed by atoms with Crippen LogP contribution in [0.3, 0.4) is 0 Å². The number of rotatable bonds is 5. The van der Waals surface area contributed by atoms with Crippen LogP contribution in [-0.4, -0.2) is 17.1 Å². The van der Waals surface area contributed by atoms with Gasteiger partial charge in [0, 0.05) is 12.2 Å². The molecule has 2 heterocycles. The van der Waals surface area contributed by atoms with Gasteiger partial charge in [0.2, 0.25) is 0 Å². The van der Waals surface area contributed by atoms with Crippen molar-refractivity contribution < 1.29 is 14.0 Å². The summed E-state index contributed by atoms with van der Waals surface area (Å²) in [6, 6.07) is 4.62. The van der Waals surface area contributed by atoms with E-state index in [-0.39, 0.29) is 28.6 Å². The first-order valence-electron chi connectivity index (χ1n) is 8.34. The second kappa shape index (κ2) is 7.47. The molecule has 26 heavy (non-hydrogen) atoms. The number of hydrogen-bond donors (Lipinski definition) is 2. The number of fused-ring (bicyclic) bond motifs is 1. The highest BCUT2D eigenvalue weighted by molar-refractivity contribution is 6.34. The van der Waals surface area contributed by atoms with Crippen LogP contribution < -0.4 is 16.4 Å². The van der Waals surface area contributed by atoms with Crippen LogP contribution in [0.2, 0.25) is 5.02 Å². The molecule has 0 radical (unpaired) electrons. The number of carbonyl (C=O) groups excluding carboxylic acids is 1. The van der Waals surface area contributed by atoms with Crippen molar-refractivity contribution >= 4 is 28.9 Å². The number of anilines is 2. The molecule has 0 aliphatic carbocycles. The minimum absolute atomic E-state index is 0.0878. The van der Waals surface area contributed by atoms with Crippen molar-refractivity contribution in [2.45, 2.75) is 33.2 Å². The average molecular weight is 380 g/mol. The van der Waals surface area contributed by atoms with E-state index in [0.717, 1.165) is 12.0 Å². The number of benzene rings is 1. The number of halogens is 2. The number of nitrogens with one attached hydrogen (secondary N) is 2. The third kappa shape index (κ3) is 3.32. The van der Waals surface area contributed by atoms with Crippen molar-refractivity contribution in [3.8, 4) is 0 Å². The van der Waals surface area contributed by atoms with E-state index in [1.807, 2.05) is 0 Å². The molecule has 0 fully saturated rings. The molecular formula is C18H19ClFN3O3. The molecule has 2 N–H and O–H groups in total. The topological polar surface area (TPSA) is 72.4 Å². The molecule has 2 aromatic rings. The van der Waals surface area contributed by atoms with Crippen LogP contribution >= 0.6 is 11.6 Å². The van der Waals surface area contributed by atoms with Gasteiger partial charge in [-0.15, -0.1) is 0 Å². The zero-order valence-corrected chi connectivity index (χ0v) is 15.2. The molecule has 3 rings (SSSR count). The van der Waals surface area contributed by atoms with Gasteiger partial charge in [-0.1, -0.05) is 17.7 Å². The molecule has 6 nitrogen and oxygen atoms in total. The molecule has 0 bridgehead atoms. The van der Waals surface area contributed by atoms with E-state index < -0.39 is 17.3 Å². The molecule has 0 atom stereocenters. The molecule has 0 saturated heterocycles. The minimum atomic E-state index is -0.533. The monoisotopic (exact) mass is 379 g/mol. The Bertz CT molecular complexity index is 927. The fourth-order valence-corrected chi connectivity index (χ4v) is 3.29. The van der Waals surface area contributed by atoms with Crippen molar-refractivity contribution in [2.24, 2.45) is 0 Å². The van der Waals surface area contributed by atoms with E-state index >= 15 is 0 Å². The number of pyridine rings is 1. The fraction of sp³-hybridized carbons (Fsp3) is 0.333. The van der Waals surface area contributed by atoms with E-state index in [4.69, 9.17) is 16.4 Å². The van der Waals surface area contributed by atoms with Gasteiger partial charge in [0.1, 0.15) is 10.8 Å². The zero-order valence-electron chi connectivity index (χ0n) is 14.5. The van der Waals surface area contributed by atoms with Gasteiger partial charge in [0.25, 0.3) is 11.5 Å². The van der Waals surface area contributed by atoms with Crippen molar-refractivity contribution in [1.29, 1.82) is 0 Å². The fourth-order valence-electron chi connectivity index (χ4n) is 3.04. The number of hydrogen-bond acceptors (Lipinski definition) is 4. The van der Waals surface area contributed by atoms with Crippen LogP contribution in [0, 0.1) is 12.7 Å². The Morgan fingerprint density at radius 1 is 1.42 bits per heavy atom. The van der Waals surface area contributed by atoms with Gasteiger partial charge < -0.3 is 9.88 Å². The predicted octanol–water partition coefficient (Wildman–Crippen LogP) is 3.32.